The zero-order valence-electron chi connectivity index (χ0n) is 55.4. The summed E-state index contributed by atoms with van der Waals surface area (Å²) in [5.41, 5.74) is 0. The molecule has 0 saturated heterocycles. The molecule has 0 amide bonds. The average Bonchev–Trinajstić information content (AvgIpc) is 3.51. The lowest BCUT2D eigenvalue weighted by molar-refractivity contribution is -0.161. The van der Waals surface area contributed by atoms with Crippen LogP contribution in [0.2, 0.25) is 0 Å². The molecule has 0 bridgehead atoms. The highest BCUT2D eigenvalue weighted by atomic mass is 16.6. The van der Waals surface area contributed by atoms with Crippen LogP contribution in [0.25, 0.3) is 0 Å². The van der Waals surface area contributed by atoms with Gasteiger partial charge in [-0.1, -0.05) is 347 Å². The molecule has 0 spiro atoms. The zero-order valence-corrected chi connectivity index (χ0v) is 55.4. The first-order valence-electron chi connectivity index (χ1n) is 36.1. The Kier molecular flexibility index (Phi) is 70.3. The van der Waals surface area contributed by atoms with Crippen LogP contribution >= 0.6 is 0 Å². The summed E-state index contributed by atoms with van der Waals surface area (Å²) >= 11 is 0. The summed E-state index contributed by atoms with van der Waals surface area (Å²) in [6.45, 7) is 4.05. The number of aliphatic hydroxyl groups is 1. The van der Waals surface area contributed by atoms with E-state index in [0.29, 0.717) is 12.8 Å². The monoisotopic (exact) mass is 1170 g/mol. The molecule has 5 nitrogen and oxygen atoms in total. The molecule has 0 rings (SSSR count). The Balaban J connectivity index is 3.50. The van der Waals surface area contributed by atoms with Crippen molar-refractivity contribution in [1.82, 2.24) is 0 Å². The van der Waals surface area contributed by atoms with Gasteiger partial charge in [-0.15, -0.1) is 0 Å². The van der Waals surface area contributed by atoms with E-state index in [4.69, 9.17) is 9.47 Å². The van der Waals surface area contributed by atoms with E-state index in [1.165, 1.54) is 218 Å². The maximum absolute atomic E-state index is 12.4. The van der Waals surface area contributed by atoms with Gasteiger partial charge in [-0.05, 0) is 109 Å². The first-order chi connectivity index (χ1) is 41.6. The van der Waals surface area contributed by atoms with E-state index >= 15 is 0 Å². The van der Waals surface area contributed by atoms with Gasteiger partial charge < -0.3 is 14.6 Å². The molecule has 84 heavy (non-hydrogen) atoms. The van der Waals surface area contributed by atoms with Crippen LogP contribution in [0, 0.1) is 0 Å². The third-order valence-electron chi connectivity index (χ3n) is 15.7. The van der Waals surface area contributed by atoms with Gasteiger partial charge in [0, 0.05) is 12.8 Å². The highest BCUT2D eigenvalue weighted by Crippen LogP contribution is 2.18. The van der Waals surface area contributed by atoms with Crippen LogP contribution in [0.4, 0.5) is 0 Å². The fourth-order valence-electron chi connectivity index (χ4n) is 10.4. The Hall–Kier alpha value is -3.70. The molecule has 5 heteroatoms. The van der Waals surface area contributed by atoms with Crippen molar-refractivity contribution < 1.29 is 24.2 Å². The summed E-state index contributed by atoms with van der Waals surface area (Å²) in [6, 6.07) is 0. The Morgan fingerprint density at radius 1 is 0.286 bits per heavy atom. The zero-order chi connectivity index (χ0) is 60.5. The highest BCUT2D eigenvalue weighted by Gasteiger charge is 2.16. The third-order valence-corrected chi connectivity index (χ3v) is 15.7. The first-order valence-corrected chi connectivity index (χ1v) is 36.1. The Labute approximate surface area is 522 Å². The molecule has 0 aliphatic carbocycles. The van der Waals surface area contributed by atoms with Gasteiger partial charge in [0.05, 0.1) is 6.61 Å². The predicted octanol–water partition coefficient (Wildman–Crippen LogP) is 25.3. The van der Waals surface area contributed by atoms with Crippen molar-refractivity contribution in [3.8, 4) is 0 Å². The number of hydrogen-bond acceptors (Lipinski definition) is 5. The molecule has 482 valence electrons. The van der Waals surface area contributed by atoms with E-state index in [2.05, 4.69) is 135 Å². The smallest absolute Gasteiger partial charge is 0.306 e. The molecule has 0 aromatic rings. The fraction of sp³-hybridized carbons (Fsp3) is 0.722. The predicted molar refractivity (Wildman–Crippen MR) is 371 cm³/mol. The number of carbonyl (C=O) groups is 2. The molecule has 1 N–H and O–H groups in total. The molecule has 0 fully saturated rings. The number of ether oxygens (including phenoxy) is 2. The lowest BCUT2D eigenvalue weighted by Gasteiger charge is -2.15. The number of hydrogen-bond donors (Lipinski definition) is 1. The second-order valence-corrected chi connectivity index (χ2v) is 23.9. The van der Waals surface area contributed by atoms with Crippen molar-refractivity contribution >= 4 is 11.9 Å². The van der Waals surface area contributed by atoms with E-state index in [1.807, 2.05) is 0 Å². The van der Waals surface area contributed by atoms with E-state index in [0.717, 1.165) is 103 Å². The summed E-state index contributed by atoms with van der Waals surface area (Å²) < 4.78 is 10.8. The molecule has 0 aromatic heterocycles. The molecule has 1 atom stereocenters. The number of unbranched alkanes of at least 4 members (excludes halogenated alkanes) is 38. The van der Waals surface area contributed by atoms with Crippen LogP contribution in [0.3, 0.4) is 0 Å². The van der Waals surface area contributed by atoms with Crippen LogP contribution in [0.1, 0.15) is 348 Å². The minimum Gasteiger partial charge on any atom is -0.462 e. The lowest BCUT2D eigenvalue weighted by atomic mass is 10.0. The van der Waals surface area contributed by atoms with E-state index in [1.54, 1.807) is 0 Å². The van der Waals surface area contributed by atoms with Gasteiger partial charge in [0.15, 0.2) is 6.10 Å². The van der Waals surface area contributed by atoms with Crippen molar-refractivity contribution in [3.05, 3.63) is 122 Å². The van der Waals surface area contributed by atoms with Gasteiger partial charge in [0.25, 0.3) is 0 Å². The van der Waals surface area contributed by atoms with Crippen molar-refractivity contribution in [2.24, 2.45) is 0 Å². The molecule has 0 aromatic carbocycles. The number of aliphatic hydroxyl groups excluding tert-OH is 1. The molecule has 0 aliphatic heterocycles. The molecular weight excluding hydrogens is 1030 g/mol. The molecule has 0 saturated carbocycles. The molecule has 0 heterocycles. The van der Waals surface area contributed by atoms with Crippen molar-refractivity contribution in [2.45, 2.75) is 354 Å². The van der Waals surface area contributed by atoms with Gasteiger partial charge in [-0.2, -0.15) is 0 Å². The Morgan fingerprint density at radius 2 is 0.512 bits per heavy atom. The quantitative estimate of drug-likeness (QED) is 0.0373. The van der Waals surface area contributed by atoms with Crippen LogP contribution in [0.15, 0.2) is 122 Å². The topological polar surface area (TPSA) is 72.8 Å². The minimum atomic E-state index is -0.783. The van der Waals surface area contributed by atoms with Crippen LogP contribution < -0.4 is 0 Å². The number of carbonyl (C=O) groups excluding carboxylic acids is 2. The van der Waals surface area contributed by atoms with E-state index < -0.39 is 6.10 Å². The van der Waals surface area contributed by atoms with Crippen LogP contribution in [-0.4, -0.2) is 36.4 Å². The van der Waals surface area contributed by atoms with Gasteiger partial charge >= 0.3 is 11.9 Å². The number of allylic oxidation sites excluding steroid dienone is 20. The normalized spacial score (nSPS) is 12.9. The highest BCUT2D eigenvalue weighted by molar-refractivity contribution is 5.70. The molecule has 1 unspecified atom stereocenters. The molecule has 0 radical (unpaired) electrons. The number of esters is 2. The number of rotatable bonds is 66. The van der Waals surface area contributed by atoms with Gasteiger partial charge in [0.2, 0.25) is 0 Å². The van der Waals surface area contributed by atoms with Crippen LogP contribution in [0.5, 0.6) is 0 Å². The third kappa shape index (κ3) is 70.8. The molecule has 0 aliphatic rings. The van der Waals surface area contributed by atoms with Gasteiger partial charge in [-0.25, -0.2) is 0 Å². The molecular formula is C79H136O5. The maximum Gasteiger partial charge on any atom is 0.306 e. The van der Waals surface area contributed by atoms with Crippen molar-refractivity contribution in [1.29, 1.82) is 0 Å². The largest absolute Gasteiger partial charge is 0.462 e. The van der Waals surface area contributed by atoms with E-state index in [9.17, 15) is 14.7 Å². The summed E-state index contributed by atoms with van der Waals surface area (Å²) in [5.74, 6) is -0.589. The average molecular weight is 1170 g/mol. The Morgan fingerprint density at radius 3 is 0.786 bits per heavy atom. The minimum absolute atomic E-state index is 0.0707. The van der Waals surface area contributed by atoms with Gasteiger partial charge in [-0.3, -0.25) is 9.59 Å². The summed E-state index contributed by atoms with van der Waals surface area (Å²) in [7, 11) is 0. The second-order valence-electron chi connectivity index (χ2n) is 23.9. The van der Waals surface area contributed by atoms with E-state index in [-0.39, 0.29) is 25.2 Å². The van der Waals surface area contributed by atoms with Crippen LogP contribution in [-0.2, 0) is 19.1 Å². The summed E-state index contributed by atoms with van der Waals surface area (Å²) in [4.78, 5) is 24.7. The Bertz CT molecular complexity index is 1650. The summed E-state index contributed by atoms with van der Waals surface area (Å²) in [5, 5.41) is 9.71. The maximum atomic E-state index is 12.4. The fourth-order valence-corrected chi connectivity index (χ4v) is 10.4. The standard InChI is InChI=1S/C79H136O5/c1-3-5-7-9-11-13-15-17-19-21-23-25-27-29-31-33-35-37-38-39-40-42-44-46-48-50-52-54-56-58-60-62-64-66-68-70-72-74-79(82)84-77(75-80)76-83-78(81)73-71-69-67-65-63-61-59-57-55-53-51-49-47-45-43-41-36-34-32-30-28-26-24-22-20-18-16-14-12-10-8-6-4-2/h5,7,11,13,17,19,22-25,29,31,35,37,39-40,44,46,50,52,77,80H,3-4,6,8-10,12,14-16,18,20-21,26-28,30,32-34,36,38,41-43,45,47-49,51,53-76H2,1-2H3/b7-5-,13-11-,19-17-,24-22-,25-23-,31-29-,37-35-,40-39-,46-44-,52-50-. The lowest BCUT2D eigenvalue weighted by Crippen LogP contribution is -2.28. The van der Waals surface area contributed by atoms with Crippen molar-refractivity contribution in [2.75, 3.05) is 13.2 Å². The first kappa shape index (κ1) is 80.3. The SMILES string of the molecule is CC/C=C\C/C=C\C/C=C\C/C=C\C/C=C\C/C=C\C/C=C\C/C=C\C/C=C\CCCCCCCCCCCC(=O)OC(CO)COC(=O)CCCCCCCCCCCCCCCCCCCCCCC/C=C\CCCCCCCCCC. The van der Waals surface area contributed by atoms with Crippen molar-refractivity contribution in [3.63, 3.8) is 0 Å². The summed E-state index contributed by atoms with van der Waals surface area (Å²) in [6.07, 6.45) is 108. The van der Waals surface area contributed by atoms with Gasteiger partial charge in [0.1, 0.15) is 6.61 Å². The second kappa shape index (κ2) is 73.6.